The molecule has 1 atom stereocenters. The quantitative estimate of drug-likeness (QED) is 0.239. The van der Waals surface area contributed by atoms with Gasteiger partial charge >= 0.3 is 0 Å². The van der Waals surface area contributed by atoms with Crippen LogP contribution in [-0.4, -0.2) is 15.7 Å². The molecule has 2 saturated carbocycles. The molecule has 1 spiro atoms. The van der Waals surface area contributed by atoms with E-state index in [1.54, 1.807) is 0 Å². The molecule has 5 nitrogen and oxygen atoms in total. The van der Waals surface area contributed by atoms with Crippen LogP contribution in [0.5, 0.6) is 5.75 Å². The minimum atomic E-state index is -1.22. The predicted molar refractivity (Wildman–Crippen MR) is 146 cm³/mol. The molecular weight excluding hydrogens is 518 g/mol. The van der Waals surface area contributed by atoms with Crippen molar-refractivity contribution in [3.8, 4) is 17.0 Å². The molecule has 7 heteroatoms. The van der Waals surface area contributed by atoms with Crippen LogP contribution in [0, 0.1) is 6.92 Å². The molecule has 38 heavy (non-hydrogen) atoms. The molecule has 192 valence electrons. The zero-order chi connectivity index (χ0) is 26.0. The van der Waals surface area contributed by atoms with Gasteiger partial charge in [-0.1, -0.05) is 47.1 Å². The lowest BCUT2D eigenvalue weighted by molar-refractivity contribution is 0.112. The van der Waals surface area contributed by atoms with E-state index in [1.807, 2.05) is 55.5 Å². The number of rotatable bonds is 6. The minimum absolute atomic E-state index is 0.170. The number of carbonyl (C=O) groups is 1. The highest BCUT2D eigenvalue weighted by atomic mass is 35.5. The summed E-state index contributed by atoms with van der Waals surface area (Å²) in [6, 6.07) is 17.5. The first-order valence-electron chi connectivity index (χ1n) is 13.0. The van der Waals surface area contributed by atoms with Crippen LogP contribution in [0.1, 0.15) is 75.5 Å². The van der Waals surface area contributed by atoms with Crippen molar-refractivity contribution in [3.63, 3.8) is 0 Å². The minimum Gasteiger partial charge on any atom is -0.489 e. The van der Waals surface area contributed by atoms with Crippen molar-refractivity contribution in [2.24, 2.45) is 0 Å². The van der Waals surface area contributed by atoms with Crippen LogP contribution >= 0.6 is 11.6 Å². The van der Waals surface area contributed by atoms with E-state index in [0.29, 0.717) is 28.0 Å². The molecule has 0 saturated heterocycles. The molecule has 0 N–H and O–H groups in total. The standard InChI is InChI=1S/C31H26ClNO4S/c1-18-3-2-4-26(32)28(18)29-23(30(37-33-29)20-7-8-20)16-36-22-9-10-24-27(14-22)38(35)17-21-6-5-19(15-34)13-25(21)31(24)11-12-31/h2-6,9-10,13-15,20H,7-8,11-12,16-17H2,1H3. The Hall–Kier alpha value is -3.22. The number of hydrogen-bond acceptors (Lipinski definition) is 5. The van der Waals surface area contributed by atoms with Gasteiger partial charge in [0, 0.05) is 27.4 Å². The molecule has 2 fully saturated rings. The van der Waals surface area contributed by atoms with Crippen molar-refractivity contribution in [2.45, 2.75) is 61.2 Å². The third-order valence-corrected chi connectivity index (χ3v) is 9.86. The summed E-state index contributed by atoms with van der Waals surface area (Å²) in [4.78, 5) is 12.3. The molecule has 1 aromatic heterocycles. The summed E-state index contributed by atoms with van der Waals surface area (Å²) < 4.78 is 25.7. The fourth-order valence-electron chi connectivity index (χ4n) is 5.85. The summed E-state index contributed by atoms with van der Waals surface area (Å²) >= 11 is 6.58. The van der Waals surface area contributed by atoms with Crippen LogP contribution in [0.15, 0.2) is 64.0 Å². The molecular formula is C31H26ClNO4S. The smallest absolute Gasteiger partial charge is 0.150 e. The summed E-state index contributed by atoms with van der Waals surface area (Å²) in [7, 11) is -1.22. The maximum atomic E-state index is 13.5. The van der Waals surface area contributed by atoms with Gasteiger partial charge < -0.3 is 9.26 Å². The van der Waals surface area contributed by atoms with E-state index >= 15 is 0 Å². The lowest BCUT2D eigenvalue weighted by atomic mass is 9.84. The van der Waals surface area contributed by atoms with Crippen LogP contribution in [0.25, 0.3) is 11.3 Å². The van der Waals surface area contributed by atoms with Gasteiger partial charge in [0.05, 0.1) is 27.1 Å². The van der Waals surface area contributed by atoms with Gasteiger partial charge in [-0.3, -0.25) is 9.00 Å². The van der Waals surface area contributed by atoms with Crippen molar-refractivity contribution >= 4 is 28.7 Å². The van der Waals surface area contributed by atoms with Crippen molar-refractivity contribution in [2.75, 3.05) is 0 Å². The third kappa shape index (κ3) is 3.85. The highest BCUT2D eigenvalue weighted by molar-refractivity contribution is 7.84. The topological polar surface area (TPSA) is 69.4 Å². The van der Waals surface area contributed by atoms with Gasteiger partial charge in [-0.05, 0) is 79.1 Å². The molecule has 0 radical (unpaired) electrons. The number of aromatic nitrogens is 1. The Bertz CT molecular complexity index is 1610. The average molecular weight is 544 g/mol. The number of aldehydes is 1. The van der Waals surface area contributed by atoms with E-state index < -0.39 is 10.8 Å². The first-order valence-corrected chi connectivity index (χ1v) is 14.7. The molecule has 2 aliphatic carbocycles. The van der Waals surface area contributed by atoms with Crippen LogP contribution in [0.2, 0.25) is 5.02 Å². The van der Waals surface area contributed by atoms with Crippen LogP contribution < -0.4 is 4.74 Å². The number of halogens is 1. The molecule has 3 aromatic carbocycles. The third-order valence-electron chi connectivity index (χ3n) is 8.14. The SMILES string of the molecule is Cc1cccc(Cl)c1-c1noc(C2CC2)c1COc1ccc2c(c1)S(=O)Cc1ccc(C=O)cc1C21CC1. The van der Waals surface area contributed by atoms with Gasteiger partial charge in [-0.25, -0.2) is 0 Å². The maximum absolute atomic E-state index is 13.5. The molecule has 3 aliphatic rings. The Balaban J connectivity index is 1.23. The second kappa shape index (κ2) is 8.92. The number of carbonyl (C=O) groups excluding carboxylic acids is 1. The van der Waals surface area contributed by atoms with E-state index in [2.05, 4.69) is 11.2 Å². The average Bonchev–Trinajstić information content (AvgIpc) is 3.86. The first-order chi connectivity index (χ1) is 18.5. The highest BCUT2D eigenvalue weighted by Crippen LogP contribution is 2.58. The summed E-state index contributed by atoms with van der Waals surface area (Å²) in [6.07, 6.45) is 5.01. The van der Waals surface area contributed by atoms with Crippen molar-refractivity contribution < 1.29 is 18.3 Å². The number of fused-ring (bicyclic) bond motifs is 4. The number of ether oxygens (including phenoxy) is 1. The monoisotopic (exact) mass is 543 g/mol. The van der Waals surface area contributed by atoms with Gasteiger partial charge in [0.25, 0.3) is 0 Å². The van der Waals surface area contributed by atoms with E-state index in [0.717, 1.165) is 81.7 Å². The van der Waals surface area contributed by atoms with Gasteiger partial charge in [0.2, 0.25) is 0 Å². The zero-order valence-electron chi connectivity index (χ0n) is 21.0. The van der Waals surface area contributed by atoms with Gasteiger partial charge in [0.1, 0.15) is 30.1 Å². The molecule has 4 aromatic rings. The molecule has 0 amide bonds. The summed E-state index contributed by atoms with van der Waals surface area (Å²) in [6.45, 7) is 2.30. The second-order valence-corrected chi connectivity index (χ2v) is 12.5. The predicted octanol–water partition coefficient (Wildman–Crippen LogP) is 7.27. The van der Waals surface area contributed by atoms with Crippen LogP contribution in [0.3, 0.4) is 0 Å². The van der Waals surface area contributed by atoms with Crippen molar-refractivity contribution in [3.05, 3.63) is 98.8 Å². The molecule has 1 aliphatic heterocycles. The Labute approximate surface area is 228 Å². The van der Waals surface area contributed by atoms with Gasteiger partial charge in [-0.15, -0.1) is 0 Å². The van der Waals surface area contributed by atoms with Gasteiger partial charge in [0.15, 0.2) is 0 Å². The van der Waals surface area contributed by atoms with Crippen molar-refractivity contribution in [1.82, 2.24) is 5.16 Å². The largest absolute Gasteiger partial charge is 0.489 e. The summed E-state index contributed by atoms with van der Waals surface area (Å²) in [5, 5.41) is 5.06. The van der Waals surface area contributed by atoms with E-state index in [4.69, 9.17) is 20.9 Å². The molecule has 7 rings (SSSR count). The summed E-state index contributed by atoms with van der Waals surface area (Å²) in [5.41, 5.74) is 7.33. The molecule has 2 heterocycles. The Morgan fingerprint density at radius 2 is 1.97 bits per heavy atom. The Kier molecular flexibility index (Phi) is 5.60. The summed E-state index contributed by atoms with van der Waals surface area (Å²) in [5.74, 6) is 2.33. The number of hydrogen-bond donors (Lipinski definition) is 0. The molecule has 0 bridgehead atoms. The van der Waals surface area contributed by atoms with Crippen LogP contribution in [0.4, 0.5) is 0 Å². The lowest BCUT2D eigenvalue weighted by Crippen LogP contribution is -2.11. The van der Waals surface area contributed by atoms with E-state index in [9.17, 15) is 9.00 Å². The van der Waals surface area contributed by atoms with Crippen LogP contribution in [-0.2, 0) is 28.6 Å². The van der Waals surface area contributed by atoms with Gasteiger partial charge in [-0.2, -0.15) is 0 Å². The fraction of sp³-hybridized carbons (Fsp3) is 0.290. The Morgan fingerprint density at radius 3 is 2.71 bits per heavy atom. The van der Waals surface area contributed by atoms with Crippen molar-refractivity contribution in [1.29, 1.82) is 0 Å². The maximum Gasteiger partial charge on any atom is 0.150 e. The normalized spacial score (nSPS) is 18.9. The number of aryl methyl sites for hydroxylation is 1. The van der Waals surface area contributed by atoms with E-state index in [1.165, 1.54) is 0 Å². The van der Waals surface area contributed by atoms with E-state index in [-0.39, 0.29) is 12.0 Å². The number of benzene rings is 3. The fourth-order valence-corrected chi connectivity index (χ4v) is 7.61. The lowest BCUT2D eigenvalue weighted by Gasteiger charge is -2.19. The Morgan fingerprint density at radius 1 is 1.13 bits per heavy atom. The molecule has 1 unspecified atom stereocenters. The zero-order valence-corrected chi connectivity index (χ0v) is 22.5. The number of nitrogens with zero attached hydrogens (tertiary/aromatic N) is 1. The highest BCUT2D eigenvalue weighted by Gasteiger charge is 2.50. The second-order valence-electron chi connectivity index (χ2n) is 10.6. The first kappa shape index (κ1) is 23.9.